The Kier molecular flexibility index (Phi) is 4.20. The van der Waals surface area contributed by atoms with Gasteiger partial charge in [-0.25, -0.2) is 8.78 Å². The summed E-state index contributed by atoms with van der Waals surface area (Å²) in [6.07, 6.45) is -2.82. The zero-order valence-corrected chi connectivity index (χ0v) is 8.92. The number of carbonyl (C=O) groups is 1. The number of benzene rings is 1. The van der Waals surface area contributed by atoms with E-state index in [4.69, 9.17) is 22.4 Å². The number of halogens is 3. The topological polar surface area (TPSA) is 63.3 Å². The largest absolute Gasteiger partial charge is 0.481 e. The van der Waals surface area contributed by atoms with Crippen molar-refractivity contribution < 1.29 is 18.7 Å². The van der Waals surface area contributed by atoms with Gasteiger partial charge in [0.15, 0.2) is 0 Å². The first-order chi connectivity index (χ1) is 7.49. The molecule has 0 spiro atoms. The van der Waals surface area contributed by atoms with Crippen LogP contribution in [0.2, 0.25) is 5.02 Å². The number of alkyl halides is 2. The minimum Gasteiger partial charge on any atom is -0.481 e. The summed E-state index contributed by atoms with van der Waals surface area (Å²) < 4.78 is 25.5. The molecule has 1 aromatic carbocycles. The van der Waals surface area contributed by atoms with Crippen LogP contribution in [-0.4, -0.2) is 17.6 Å². The number of hydrogen-bond donors (Lipinski definition) is 2. The Hall–Kier alpha value is -1.20. The molecule has 3 N–H and O–H groups in total. The lowest BCUT2D eigenvalue weighted by molar-refractivity contribution is -0.138. The first kappa shape index (κ1) is 12.9. The zero-order chi connectivity index (χ0) is 12.3. The number of carboxylic acid groups (broad SMARTS) is 1. The molecule has 0 aliphatic heterocycles. The molecule has 0 aliphatic carbocycles. The van der Waals surface area contributed by atoms with Gasteiger partial charge in [-0.3, -0.25) is 4.79 Å². The molecule has 1 aromatic rings. The van der Waals surface area contributed by atoms with Crippen LogP contribution in [0.4, 0.5) is 8.78 Å². The quantitative estimate of drug-likeness (QED) is 0.861. The predicted octanol–water partition coefficient (Wildman–Crippen LogP) is 2.40. The smallest absolute Gasteiger partial charge is 0.312 e. The lowest BCUT2D eigenvalue weighted by atomic mass is 9.94. The Morgan fingerprint density at radius 3 is 2.56 bits per heavy atom. The van der Waals surface area contributed by atoms with Gasteiger partial charge in [-0.05, 0) is 11.6 Å². The van der Waals surface area contributed by atoms with Crippen LogP contribution in [0.5, 0.6) is 0 Å². The Labute approximate surface area is 95.8 Å². The Morgan fingerprint density at radius 2 is 2.12 bits per heavy atom. The molecule has 0 aromatic heterocycles. The van der Waals surface area contributed by atoms with E-state index in [0.29, 0.717) is 0 Å². The molecule has 1 unspecified atom stereocenters. The fraction of sp³-hybridized carbons (Fsp3) is 0.300. The number of nitrogens with two attached hydrogens (primary N) is 1. The van der Waals surface area contributed by atoms with Gasteiger partial charge in [0.25, 0.3) is 6.43 Å². The maximum absolute atomic E-state index is 12.7. The highest BCUT2D eigenvalue weighted by molar-refractivity contribution is 6.31. The Balaban J connectivity index is 3.31. The van der Waals surface area contributed by atoms with E-state index < -0.39 is 23.9 Å². The fourth-order valence-electron chi connectivity index (χ4n) is 1.45. The molecule has 0 saturated carbocycles. The minimum atomic E-state index is -2.82. The van der Waals surface area contributed by atoms with Gasteiger partial charge in [0.05, 0.1) is 5.92 Å². The van der Waals surface area contributed by atoms with Crippen molar-refractivity contribution in [1.82, 2.24) is 0 Å². The molecule has 88 valence electrons. The Bertz CT molecular complexity index is 398. The third-order valence-electron chi connectivity index (χ3n) is 2.21. The van der Waals surface area contributed by atoms with Gasteiger partial charge in [-0.1, -0.05) is 23.7 Å². The van der Waals surface area contributed by atoms with Crippen molar-refractivity contribution in [2.24, 2.45) is 5.73 Å². The van der Waals surface area contributed by atoms with Crippen LogP contribution in [0.25, 0.3) is 0 Å². The third-order valence-corrected chi connectivity index (χ3v) is 2.54. The maximum atomic E-state index is 12.7. The van der Waals surface area contributed by atoms with E-state index in [1.807, 2.05) is 0 Å². The summed E-state index contributed by atoms with van der Waals surface area (Å²) >= 11 is 5.62. The van der Waals surface area contributed by atoms with Crippen molar-refractivity contribution in [3.63, 3.8) is 0 Å². The molecule has 0 amide bonds. The van der Waals surface area contributed by atoms with E-state index >= 15 is 0 Å². The number of carboxylic acids is 1. The molecular weight excluding hydrogens is 240 g/mol. The highest BCUT2D eigenvalue weighted by atomic mass is 35.5. The second-order valence-electron chi connectivity index (χ2n) is 3.17. The van der Waals surface area contributed by atoms with Gasteiger partial charge in [0, 0.05) is 17.1 Å². The average molecular weight is 250 g/mol. The van der Waals surface area contributed by atoms with Crippen LogP contribution in [0.3, 0.4) is 0 Å². The molecule has 1 atom stereocenters. The summed E-state index contributed by atoms with van der Waals surface area (Å²) in [5.41, 5.74) is 4.77. The summed E-state index contributed by atoms with van der Waals surface area (Å²) in [5.74, 6) is -2.41. The van der Waals surface area contributed by atoms with Gasteiger partial charge in [0.1, 0.15) is 0 Å². The lowest BCUT2D eigenvalue weighted by Crippen LogP contribution is -2.22. The minimum absolute atomic E-state index is 0.0301. The first-order valence-corrected chi connectivity index (χ1v) is 4.86. The molecule has 0 fully saturated rings. The van der Waals surface area contributed by atoms with Crippen molar-refractivity contribution in [3.8, 4) is 0 Å². The van der Waals surface area contributed by atoms with Crippen molar-refractivity contribution in [1.29, 1.82) is 0 Å². The molecule has 0 saturated heterocycles. The van der Waals surface area contributed by atoms with E-state index in [2.05, 4.69) is 0 Å². The lowest BCUT2D eigenvalue weighted by Gasteiger charge is -2.15. The van der Waals surface area contributed by atoms with Crippen LogP contribution < -0.4 is 5.73 Å². The van der Waals surface area contributed by atoms with Gasteiger partial charge in [0.2, 0.25) is 0 Å². The van der Waals surface area contributed by atoms with E-state index in [9.17, 15) is 13.6 Å². The monoisotopic (exact) mass is 249 g/mol. The average Bonchev–Trinajstić information content (AvgIpc) is 2.17. The van der Waals surface area contributed by atoms with Gasteiger partial charge >= 0.3 is 5.97 Å². The van der Waals surface area contributed by atoms with Crippen LogP contribution in [0.1, 0.15) is 23.5 Å². The highest BCUT2D eigenvalue weighted by Crippen LogP contribution is 2.34. The van der Waals surface area contributed by atoms with E-state index in [1.165, 1.54) is 18.2 Å². The van der Waals surface area contributed by atoms with Gasteiger partial charge in [-0.2, -0.15) is 0 Å². The molecule has 3 nitrogen and oxygen atoms in total. The van der Waals surface area contributed by atoms with Gasteiger partial charge in [-0.15, -0.1) is 0 Å². The van der Waals surface area contributed by atoms with Crippen molar-refractivity contribution >= 4 is 17.6 Å². The fourth-order valence-corrected chi connectivity index (χ4v) is 1.71. The summed E-state index contributed by atoms with van der Waals surface area (Å²) in [6, 6.07) is 4.02. The predicted molar refractivity (Wildman–Crippen MR) is 55.8 cm³/mol. The van der Waals surface area contributed by atoms with Crippen molar-refractivity contribution in [2.75, 3.05) is 6.54 Å². The summed E-state index contributed by atoms with van der Waals surface area (Å²) in [6.45, 7) is -0.255. The van der Waals surface area contributed by atoms with Crippen molar-refractivity contribution in [2.45, 2.75) is 12.3 Å². The Morgan fingerprint density at radius 1 is 1.50 bits per heavy atom. The molecule has 0 bridgehead atoms. The molecule has 0 heterocycles. The highest BCUT2D eigenvalue weighted by Gasteiger charge is 2.26. The number of rotatable bonds is 4. The zero-order valence-electron chi connectivity index (χ0n) is 8.16. The van der Waals surface area contributed by atoms with Crippen LogP contribution in [0, 0.1) is 0 Å². The third kappa shape index (κ3) is 2.48. The normalized spacial score (nSPS) is 12.8. The summed E-state index contributed by atoms with van der Waals surface area (Å²) in [4.78, 5) is 10.8. The number of aliphatic carboxylic acids is 1. The molecule has 6 heteroatoms. The van der Waals surface area contributed by atoms with Crippen molar-refractivity contribution in [3.05, 3.63) is 34.3 Å². The second-order valence-corrected chi connectivity index (χ2v) is 3.58. The molecule has 16 heavy (non-hydrogen) atoms. The van der Waals surface area contributed by atoms with Gasteiger partial charge < -0.3 is 10.8 Å². The molecule has 1 rings (SSSR count). The second kappa shape index (κ2) is 5.23. The molecule has 0 radical (unpaired) electrons. The SMILES string of the molecule is NCC(C(=O)O)c1cccc(Cl)c1C(F)F. The molecule has 0 aliphatic rings. The molecular formula is C10H10ClF2NO2. The van der Waals surface area contributed by atoms with Crippen LogP contribution in [-0.2, 0) is 4.79 Å². The summed E-state index contributed by atoms with van der Waals surface area (Å²) in [5, 5.41) is 8.71. The van der Waals surface area contributed by atoms with Crippen LogP contribution >= 0.6 is 11.6 Å². The van der Waals surface area contributed by atoms with E-state index in [1.54, 1.807) is 0 Å². The maximum Gasteiger partial charge on any atom is 0.312 e. The van der Waals surface area contributed by atoms with E-state index in [0.717, 1.165) is 0 Å². The number of hydrogen-bond acceptors (Lipinski definition) is 2. The van der Waals surface area contributed by atoms with E-state index in [-0.39, 0.29) is 17.1 Å². The van der Waals surface area contributed by atoms with Crippen LogP contribution in [0.15, 0.2) is 18.2 Å². The first-order valence-electron chi connectivity index (χ1n) is 4.48. The summed E-state index contributed by atoms with van der Waals surface area (Å²) in [7, 11) is 0. The standard InChI is InChI=1S/C10H10ClF2NO2/c11-7-3-1-2-5(8(7)9(12)13)6(4-14)10(15)16/h1-3,6,9H,4,14H2,(H,15,16).